The SMILES string of the molecule is CO[C@@H]1C[C@H](O)O[C@H](C)[C@H]1O[C@@H]1O[C@H](CO)[C@@H](O[C@@H]2O[C@H](CO)[C@@H](O)[C@H](O)[C@H]2O)[C@H](O)[C@H]1O. The Morgan fingerprint density at radius 2 is 1.24 bits per heavy atom. The van der Waals surface area contributed by atoms with Crippen molar-refractivity contribution in [1.29, 1.82) is 0 Å². The van der Waals surface area contributed by atoms with Crippen LogP contribution in [0.25, 0.3) is 0 Å². The summed E-state index contributed by atoms with van der Waals surface area (Å²) in [5.74, 6) is 0. The minimum atomic E-state index is -1.76. The lowest BCUT2D eigenvalue weighted by atomic mass is 9.96. The van der Waals surface area contributed by atoms with E-state index in [-0.39, 0.29) is 6.42 Å². The number of methoxy groups -OCH3 is 1. The molecule has 0 spiro atoms. The van der Waals surface area contributed by atoms with Crippen molar-refractivity contribution in [2.75, 3.05) is 20.3 Å². The molecule has 194 valence electrons. The van der Waals surface area contributed by atoms with Crippen molar-refractivity contribution in [3.8, 4) is 0 Å². The Morgan fingerprint density at radius 3 is 1.82 bits per heavy atom. The molecule has 3 aliphatic heterocycles. The molecule has 3 heterocycles. The van der Waals surface area contributed by atoms with E-state index >= 15 is 0 Å². The second kappa shape index (κ2) is 11.5. The third kappa shape index (κ3) is 5.65. The predicted octanol–water partition coefficient (Wildman–Crippen LogP) is -4.86. The van der Waals surface area contributed by atoms with E-state index in [1.165, 1.54) is 7.11 Å². The molecule has 0 bridgehead atoms. The quantitative estimate of drug-likeness (QED) is 0.169. The van der Waals surface area contributed by atoms with Gasteiger partial charge in [-0.05, 0) is 6.92 Å². The molecular weight excluding hydrogens is 452 g/mol. The van der Waals surface area contributed by atoms with E-state index in [1.54, 1.807) is 6.92 Å². The van der Waals surface area contributed by atoms with E-state index in [0.717, 1.165) is 0 Å². The summed E-state index contributed by atoms with van der Waals surface area (Å²) in [7, 11) is 1.42. The third-order valence-electron chi connectivity index (χ3n) is 6.19. The summed E-state index contributed by atoms with van der Waals surface area (Å²) in [4.78, 5) is 0. The first kappa shape index (κ1) is 27.0. The Hall–Kier alpha value is -0.560. The Bertz CT molecular complexity index is 607. The van der Waals surface area contributed by atoms with E-state index in [4.69, 9.17) is 28.4 Å². The molecule has 14 atom stereocenters. The molecule has 8 N–H and O–H groups in total. The molecular formula is C19H34O14. The lowest BCUT2D eigenvalue weighted by Crippen LogP contribution is -2.65. The molecule has 0 saturated carbocycles. The molecule has 14 heteroatoms. The van der Waals surface area contributed by atoms with Crippen LogP contribution in [0.5, 0.6) is 0 Å². The van der Waals surface area contributed by atoms with E-state index in [1.807, 2.05) is 0 Å². The number of ether oxygens (including phenoxy) is 6. The van der Waals surface area contributed by atoms with E-state index < -0.39 is 99.2 Å². The molecule has 33 heavy (non-hydrogen) atoms. The maximum absolute atomic E-state index is 10.7. The van der Waals surface area contributed by atoms with Gasteiger partial charge < -0.3 is 69.3 Å². The minimum Gasteiger partial charge on any atom is -0.394 e. The van der Waals surface area contributed by atoms with Crippen LogP contribution in [-0.2, 0) is 28.4 Å². The summed E-state index contributed by atoms with van der Waals surface area (Å²) >= 11 is 0. The van der Waals surface area contributed by atoms with Crippen LogP contribution in [0.2, 0.25) is 0 Å². The van der Waals surface area contributed by atoms with Gasteiger partial charge in [-0.15, -0.1) is 0 Å². The summed E-state index contributed by atoms with van der Waals surface area (Å²) in [5.41, 5.74) is 0. The molecule has 0 amide bonds. The smallest absolute Gasteiger partial charge is 0.187 e. The molecule has 0 aromatic carbocycles. The Labute approximate surface area is 189 Å². The van der Waals surface area contributed by atoms with Crippen LogP contribution in [-0.4, -0.2) is 147 Å². The van der Waals surface area contributed by atoms with Gasteiger partial charge in [-0.3, -0.25) is 0 Å². The maximum atomic E-state index is 10.7. The van der Waals surface area contributed by atoms with Crippen LogP contribution >= 0.6 is 0 Å². The number of rotatable bonds is 7. The first-order valence-corrected chi connectivity index (χ1v) is 10.7. The Morgan fingerprint density at radius 1 is 0.697 bits per heavy atom. The van der Waals surface area contributed by atoms with Gasteiger partial charge in [0, 0.05) is 13.5 Å². The van der Waals surface area contributed by atoms with Crippen molar-refractivity contribution < 1.29 is 69.3 Å². The van der Waals surface area contributed by atoms with Gasteiger partial charge in [0.05, 0.1) is 25.4 Å². The normalized spacial score (nSPS) is 51.5. The van der Waals surface area contributed by atoms with E-state index in [2.05, 4.69) is 0 Å². The molecule has 3 saturated heterocycles. The number of hydrogen-bond donors (Lipinski definition) is 8. The van der Waals surface area contributed by atoms with Gasteiger partial charge in [-0.2, -0.15) is 0 Å². The Kier molecular flexibility index (Phi) is 9.38. The monoisotopic (exact) mass is 486 g/mol. The highest BCUT2D eigenvalue weighted by molar-refractivity contribution is 4.95. The van der Waals surface area contributed by atoms with Gasteiger partial charge >= 0.3 is 0 Å². The number of hydrogen-bond acceptors (Lipinski definition) is 14. The van der Waals surface area contributed by atoms with E-state index in [9.17, 15) is 40.9 Å². The average Bonchev–Trinajstić information content (AvgIpc) is 2.79. The minimum absolute atomic E-state index is 0.100. The molecule has 3 fully saturated rings. The fraction of sp³-hybridized carbons (Fsp3) is 1.00. The standard InChI is InChI=1S/C19H34O14/c1-6-16(7(28-2)3-10(22)29-6)32-19-15(27)13(25)17(9(5-21)31-19)33-18-14(26)12(24)11(23)8(4-20)30-18/h6-27H,3-5H2,1-2H3/t6-,7-,8-,9-,10-,11-,12+,13-,14-,15-,16-,17-,18+,19+/m1/s1. The van der Waals surface area contributed by atoms with Crippen molar-refractivity contribution in [2.45, 2.75) is 99.4 Å². The van der Waals surface area contributed by atoms with Gasteiger partial charge in [0.1, 0.15) is 54.9 Å². The topological polar surface area (TPSA) is 217 Å². The summed E-state index contributed by atoms with van der Waals surface area (Å²) < 4.78 is 32.8. The zero-order valence-electron chi connectivity index (χ0n) is 18.2. The van der Waals surface area contributed by atoms with Crippen LogP contribution in [0, 0.1) is 0 Å². The Balaban J connectivity index is 1.70. The lowest BCUT2D eigenvalue weighted by molar-refractivity contribution is -0.372. The highest BCUT2D eigenvalue weighted by Gasteiger charge is 2.52. The second-order valence-electron chi connectivity index (χ2n) is 8.41. The van der Waals surface area contributed by atoms with Gasteiger partial charge in [0.25, 0.3) is 0 Å². The van der Waals surface area contributed by atoms with Crippen molar-refractivity contribution in [1.82, 2.24) is 0 Å². The highest BCUT2D eigenvalue weighted by atomic mass is 16.8. The van der Waals surface area contributed by atoms with Crippen molar-refractivity contribution in [3.05, 3.63) is 0 Å². The van der Waals surface area contributed by atoms with E-state index in [0.29, 0.717) is 0 Å². The molecule has 0 unspecified atom stereocenters. The first-order valence-electron chi connectivity index (χ1n) is 10.7. The van der Waals surface area contributed by atoms with Crippen molar-refractivity contribution in [2.24, 2.45) is 0 Å². The summed E-state index contributed by atoms with van der Waals surface area (Å²) in [6.45, 7) is 0.252. The average molecular weight is 486 g/mol. The van der Waals surface area contributed by atoms with Gasteiger partial charge in [-0.25, -0.2) is 0 Å². The maximum Gasteiger partial charge on any atom is 0.187 e. The molecule has 0 radical (unpaired) electrons. The summed E-state index contributed by atoms with van der Waals surface area (Å²) in [6.07, 6.45) is -18.5. The third-order valence-corrected chi connectivity index (χ3v) is 6.19. The van der Waals surface area contributed by atoms with Crippen LogP contribution in [0.15, 0.2) is 0 Å². The zero-order chi connectivity index (χ0) is 24.4. The molecule has 0 aromatic rings. The van der Waals surface area contributed by atoms with Crippen molar-refractivity contribution >= 4 is 0 Å². The molecule has 3 rings (SSSR count). The van der Waals surface area contributed by atoms with Gasteiger partial charge in [0.2, 0.25) is 0 Å². The van der Waals surface area contributed by atoms with Crippen LogP contribution in [0.3, 0.4) is 0 Å². The highest BCUT2D eigenvalue weighted by Crippen LogP contribution is 2.32. The predicted molar refractivity (Wildman–Crippen MR) is 103 cm³/mol. The largest absolute Gasteiger partial charge is 0.394 e. The summed E-state index contributed by atoms with van der Waals surface area (Å²) in [6, 6.07) is 0. The second-order valence-corrected chi connectivity index (χ2v) is 8.41. The van der Waals surface area contributed by atoms with Crippen LogP contribution in [0.1, 0.15) is 13.3 Å². The van der Waals surface area contributed by atoms with Crippen LogP contribution < -0.4 is 0 Å². The summed E-state index contributed by atoms with van der Waals surface area (Å²) in [5, 5.41) is 80.1. The van der Waals surface area contributed by atoms with Crippen LogP contribution in [0.4, 0.5) is 0 Å². The number of aliphatic hydroxyl groups is 8. The zero-order valence-corrected chi connectivity index (χ0v) is 18.2. The molecule has 0 aromatic heterocycles. The number of aliphatic hydroxyl groups excluding tert-OH is 8. The van der Waals surface area contributed by atoms with Crippen molar-refractivity contribution in [3.63, 3.8) is 0 Å². The van der Waals surface area contributed by atoms with Gasteiger partial charge in [0.15, 0.2) is 18.9 Å². The molecule has 3 aliphatic rings. The molecule has 0 aliphatic carbocycles. The first-order chi connectivity index (χ1) is 15.6. The lowest BCUT2D eigenvalue weighted by Gasteiger charge is -2.47. The fourth-order valence-corrected chi connectivity index (χ4v) is 4.27. The van der Waals surface area contributed by atoms with Gasteiger partial charge in [-0.1, -0.05) is 0 Å². The fourth-order valence-electron chi connectivity index (χ4n) is 4.27. The molecule has 14 nitrogen and oxygen atoms in total.